The van der Waals surface area contributed by atoms with Crippen molar-refractivity contribution in [1.29, 1.82) is 0 Å². The second kappa shape index (κ2) is 2.56. The Hall–Kier alpha value is -0.600. The Bertz CT molecular complexity index is 141. The van der Waals surface area contributed by atoms with Crippen LogP contribution in [0.5, 0.6) is 0 Å². The van der Waals surface area contributed by atoms with Gasteiger partial charge in [-0.2, -0.15) is 0 Å². The van der Waals surface area contributed by atoms with Gasteiger partial charge in [0.25, 0.3) is 0 Å². The lowest BCUT2D eigenvalue weighted by molar-refractivity contribution is -0.491. The molecule has 1 saturated carbocycles. The summed E-state index contributed by atoms with van der Waals surface area (Å²) in [4.78, 5) is 9.96. The third kappa shape index (κ3) is 1.69. The van der Waals surface area contributed by atoms with Gasteiger partial charge < -0.3 is 0 Å². The summed E-state index contributed by atoms with van der Waals surface area (Å²) in [6.45, 7) is 2.28. The average Bonchev–Trinajstić information content (AvgIpc) is 2.47. The number of hydrogen-bond donors (Lipinski definition) is 0. The Morgan fingerprint density at radius 2 is 2.20 bits per heavy atom. The minimum absolute atomic E-state index is 0.123. The van der Waals surface area contributed by atoms with E-state index >= 15 is 0 Å². The van der Waals surface area contributed by atoms with Gasteiger partial charge in [-0.15, -0.1) is 0 Å². The van der Waals surface area contributed by atoms with E-state index in [1.54, 1.807) is 0 Å². The summed E-state index contributed by atoms with van der Waals surface area (Å²) in [6, 6.07) is 0. The molecular weight excluding hydrogens is 130 g/mol. The molecule has 0 bridgehead atoms. The Morgan fingerprint density at radius 1 is 1.60 bits per heavy atom. The zero-order chi connectivity index (χ0) is 7.61. The smallest absolute Gasteiger partial charge is 0.209 e. The molecule has 0 unspecified atom stereocenters. The van der Waals surface area contributed by atoms with E-state index in [0.717, 1.165) is 25.7 Å². The fraction of sp³-hybridized carbons (Fsp3) is 1.00. The highest BCUT2D eigenvalue weighted by molar-refractivity contribution is 4.91. The molecule has 0 aliphatic heterocycles. The molecule has 1 fully saturated rings. The van der Waals surface area contributed by atoms with Crippen molar-refractivity contribution >= 4 is 0 Å². The summed E-state index contributed by atoms with van der Waals surface area (Å²) in [7, 11) is 0. The van der Waals surface area contributed by atoms with Crippen molar-refractivity contribution in [3.63, 3.8) is 0 Å². The van der Waals surface area contributed by atoms with Gasteiger partial charge in [0.1, 0.15) is 0 Å². The largest absolute Gasteiger partial charge is 0.265 e. The van der Waals surface area contributed by atoms with E-state index in [4.69, 9.17) is 0 Å². The van der Waals surface area contributed by atoms with E-state index in [9.17, 15) is 10.1 Å². The van der Waals surface area contributed by atoms with Gasteiger partial charge in [-0.1, -0.05) is 13.3 Å². The average molecular weight is 143 g/mol. The van der Waals surface area contributed by atoms with Crippen molar-refractivity contribution in [3.05, 3.63) is 10.1 Å². The van der Waals surface area contributed by atoms with Crippen LogP contribution in [0.2, 0.25) is 0 Å². The first kappa shape index (κ1) is 7.51. The highest BCUT2D eigenvalue weighted by Gasteiger charge is 2.46. The third-order valence-electron chi connectivity index (χ3n) is 2.20. The summed E-state index contributed by atoms with van der Waals surface area (Å²) in [5, 5.41) is 10.1. The van der Waals surface area contributed by atoms with Crippen LogP contribution in [0.25, 0.3) is 0 Å². The third-order valence-corrected chi connectivity index (χ3v) is 2.20. The van der Waals surface area contributed by atoms with Crippen molar-refractivity contribution in [1.82, 2.24) is 0 Å². The molecule has 3 heteroatoms. The van der Waals surface area contributed by atoms with Crippen LogP contribution in [0.1, 0.15) is 32.6 Å². The molecule has 0 heterocycles. The van der Waals surface area contributed by atoms with Gasteiger partial charge in [-0.25, -0.2) is 0 Å². The Morgan fingerprint density at radius 3 is 2.50 bits per heavy atom. The maximum absolute atomic E-state index is 10.1. The monoisotopic (exact) mass is 143 g/mol. The van der Waals surface area contributed by atoms with Gasteiger partial charge in [0.05, 0.1) is 0 Å². The van der Waals surface area contributed by atoms with Crippen molar-refractivity contribution in [3.8, 4) is 0 Å². The molecule has 3 nitrogen and oxygen atoms in total. The van der Waals surface area contributed by atoms with E-state index in [0.29, 0.717) is 0 Å². The fourth-order valence-electron chi connectivity index (χ4n) is 1.47. The summed E-state index contributed by atoms with van der Waals surface area (Å²) in [6.07, 6.45) is 4.26. The first-order valence-electron chi connectivity index (χ1n) is 3.80. The standard InChI is InChI=1S/C7H13NO2/c1-2-3-7(4-5-7)6-8(9)10/h2-6H2,1H3. The van der Waals surface area contributed by atoms with Crippen LogP contribution in [0.4, 0.5) is 0 Å². The molecule has 1 aliphatic carbocycles. The van der Waals surface area contributed by atoms with Gasteiger partial charge in [0.15, 0.2) is 0 Å². The molecule has 0 saturated heterocycles. The maximum atomic E-state index is 10.1. The molecule has 0 N–H and O–H groups in total. The molecule has 0 amide bonds. The van der Waals surface area contributed by atoms with Crippen LogP contribution in [0, 0.1) is 15.5 Å². The molecule has 58 valence electrons. The summed E-state index contributed by atoms with van der Waals surface area (Å²) < 4.78 is 0. The van der Waals surface area contributed by atoms with Crippen LogP contribution in [0.3, 0.4) is 0 Å². The molecule has 0 spiro atoms. The molecule has 10 heavy (non-hydrogen) atoms. The van der Waals surface area contributed by atoms with E-state index in [1.165, 1.54) is 0 Å². The SMILES string of the molecule is CCCC1(C[N+](=O)[O-])CC1. The van der Waals surface area contributed by atoms with Crippen LogP contribution in [-0.2, 0) is 0 Å². The second-order valence-electron chi connectivity index (χ2n) is 3.24. The molecule has 0 aromatic heterocycles. The van der Waals surface area contributed by atoms with E-state index in [1.807, 2.05) is 0 Å². The van der Waals surface area contributed by atoms with Crippen LogP contribution < -0.4 is 0 Å². The molecule has 0 aromatic carbocycles. The van der Waals surface area contributed by atoms with Gasteiger partial charge >= 0.3 is 0 Å². The Balaban J connectivity index is 2.30. The predicted molar refractivity (Wildman–Crippen MR) is 38.4 cm³/mol. The number of nitrogens with zero attached hydrogens (tertiary/aromatic N) is 1. The fourth-order valence-corrected chi connectivity index (χ4v) is 1.47. The van der Waals surface area contributed by atoms with Crippen LogP contribution in [-0.4, -0.2) is 11.5 Å². The zero-order valence-corrected chi connectivity index (χ0v) is 6.30. The topological polar surface area (TPSA) is 43.1 Å². The molecule has 1 aliphatic rings. The predicted octanol–water partition coefficient (Wildman–Crippen LogP) is 1.84. The molecule has 0 atom stereocenters. The zero-order valence-electron chi connectivity index (χ0n) is 6.30. The normalized spacial score (nSPS) is 20.5. The highest BCUT2D eigenvalue weighted by Crippen LogP contribution is 2.49. The van der Waals surface area contributed by atoms with Crippen molar-refractivity contribution < 1.29 is 4.92 Å². The van der Waals surface area contributed by atoms with Gasteiger partial charge in [0, 0.05) is 10.3 Å². The van der Waals surface area contributed by atoms with Gasteiger partial charge in [-0.3, -0.25) is 10.1 Å². The van der Waals surface area contributed by atoms with E-state index in [-0.39, 0.29) is 16.9 Å². The van der Waals surface area contributed by atoms with Crippen LogP contribution in [0.15, 0.2) is 0 Å². The molecule has 1 rings (SSSR count). The van der Waals surface area contributed by atoms with Crippen molar-refractivity contribution in [2.24, 2.45) is 5.41 Å². The Kier molecular flexibility index (Phi) is 1.92. The first-order chi connectivity index (χ1) is 4.68. The first-order valence-corrected chi connectivity index (χ1v) is 3.80. The summed E-state index contributed by atoms with van der Waals surface area (Å²) >= 11 is 0. The van der Waals surface area contributed by atoms with E-state index < -0.39 is 0 Å². The second-order valence-corrected chi connectivity index (χ2v) is 3.24. The van der Waals surface area contributed by atoms with E-state index in [2.05, 4.69) is 6.92 Å². The molecule has 0 aromatic rings. The molecular formula is C7H13NO2. The highest BCUT2D eigenvalue weighted by atomic mass is 16.6. The number of nitro groups is 1. The minimum Gasteiger partial charge on any atom is -0.265 e. The van der Waals surface area contributed by atoms with Crippen LogP contribution >= 0.6 is 0 Å². The van der Waals surface area contributed by atoms with Crippen molar-refractivity contribution in [2.75, 3.05) is 6.54 Å². The lowest BCUT2D eigenvalue weighted by atomic mass is 10.0. The van der Waals surface area contributed by atoms with Gasteiger partial charge in [0.2, 0.25) is 6.54 Å². The quantitative estimate of drug-likeness (QED) is 0.445. The summed E-state index contributed by atoms with van der Waals surface area (Å²) in [5.41, 5.74) is 0.123. The molecule has 0 radical (unpaired) electrons. The minimum atomic E-state index is -0.178. The number of hydrogen-bond acceptors (Lipinski definition) is 2. The lowest BCUT2D eigenvalue weighted by Crippen LogP contribution is -2.14. The van der Waals surface area contributed by atoms with Gasteiger partial charge in [-0.05, 0) is 19.3 Å². The maximum Gasteiger partial charge on any atom is 0.209 e. The number of rotatable bonds is 4. The summed E-state index contributed by atoms with van der Waals surface area (Å²) in [5.74, 6) is 0. The van der Waals surface area contributed by atoms with Crippen molar-refractivity contribution in [2.45, 2.75) is 32.6 Å². The Labute approximate surface area is 60.6 Å². The lowest BCUT2D eigenvalue weighted by Gasteiger charge is -2.05.